The lowest BCUT2D eigenvalue weighted by Gasteiger charge is -2.12. The molecule has 0 heterocycles. The third-order valence-electron chi connectivity index (χ3n) is 2.92. The molecule has 0 spiro atoms. The first kappa shape index (κ1) is 13.0. The highest BCUT2D eigenvalue weighted by Gasteiger charge is 2.15. The summed E-state index contributed by atoms with van der Waals surface area (Å²) in [6, 6.07) is 11.1. The zero-order chi connectivity index (χ0) is 13.1. The lowest BCUT2D eigenvalue weighted by molar-refractivity contribution is 0.573. The first-order chi connectivity index (χ1) is 8.61. The summed E-state index contributed by atoms with van der Waals surface area (Å²) in [5.74, 6) is -1.21. The fourth-order valence-corrected chi connectivity index (χ4v) is 2.13. The SMILES string of the molecule is CCc1ccc(C(Cl)c2ccc(F)cc2F)cc1. The van der Waals surface area contributed by atoms with E-state index in [9.17, 15) is 8.78 Å². The molecule has 0 saturated heterocycles. The average Bonchev–Trinajstić information content (AvgIpc) is 2.38. The van der Waals surface area contributed by atoms with Crippen LogP contribution in [0.2, 0.25) is 0 Å². The van der Waals surface area contributed by atoms with Gasteiger partial charge in [0.25, 0.3) is 0 Å². The fourth-order valence-electron chi connectivity index (χ4n) is 1.81. The summed E-state index contributed by atoms with van der Waals surface area (Å²) in [5.41, 5.74) is 2.30. The van der Waals surface area contributed by atoms with Gasteiger partial charge in [0.15, 0.2) is 0 Å². The van der Waals surface area contributed by atoms with Gasteiger partial charge in [0.05, 0.1) is 5.38 Å². The maximum atomic E-state index is 13.6. The van der Waals surface area contributed by atoms with E-state index >= 15 is 0 Å². The predicted molar refractivity (Wildman–Crippen MR) is 69.9 cm³/mol. The fraction of sp³-hybridized carbons (Fsp3) is 0.200. The summed E-state index contributed by atoms with van der Waals surface area (Å²) in [4.78, 5) is 0. The third kappa shape index (κ3) is 2.70. The second kappa shape index (κ2) is 5.49. The minimum Gasteiger partial charge on any atom is -0.207 e. The number of aryl methyl sites for hydroxylation is 1. The maximum absolute atomic E-state index is 13.6. The van der Waals surface area contributed by atoms with Crippen molar-refractivity contribution in [2.24, 2.45) is 0 Å². The van der Waals surface area contributed by atoms with E-state index in [0.717, 1.165) is 18.1 Å². The predicted octanol–water partition coefficient (Wildman–Crippen LogP) is 4.86. The molecule has 3 heteroatoms. The van der Waals surface area contributed by atoms with Gasteiger partial charge in [-0.25, -0.2) is 8.78 Å². The van der Waals surface area contributed by atoms with E-state index in [-0.39, 0.29) is 0 Å². The maximum Gasteiger partial charge on any atom is 0.131 e. The van der Waals surface area contributed by atoms with Crippen LogP contribution in [-0.2, 0) is 6.42 Å². The Morgan fingerprint density at radius 1 is 1.06 bits per heavy atom. The number of hydrogen-bond donors (Lipinski definition) is 0. The highest BCUT2D eigenvalue weighted by molar-refractivity contribution is 6.22. The van der Waals surface area contributed by atoms with Crippen LogP contribution in [0.4, 0.5) is 8.78 Å². The van der Waals surface area contributed by atoms with E-state index in [1.807, 2.05) is 24.3 Å². The molecule has 1 unspecified atom stereocenters. The van der Waals surface area contributed by atoms with Crippen molar-refractivity contribution >= 4 is 11.6 Å². The van der Waals surface area contributed by atoms with E-state index in [2.05, 4.69) is 6.92 Å². The van der Waals surface area contributed by atoms with Gasteiger partial charge in [0.2, 0.25) is 0 Å². The molecule has 1 atom stereocenters. The Bertz CT molecular complexity index is 535. The molecule has 0 amide bonds. The lowest BCUT2D eigenvalue weighted by atomic mass is 10.0. The monoisotopic (exact) mass is 266 g/mol. The first-order valence-corrected chi connectivity index (χ1v) is 6.23. The second-order valence-electron chi connectivity index (χ2n) is 4.12. The number of benzene rings is 2. The Morgan fingerprint density at radius 3 is 2.28 bits per heavy atom. The summed E-state index contributed by atoms with van der Waals surface area (Å²) in [7, 11) is 0. The van der Waals surface area contributed by atoms with Crippen molar-refractivity contribution in [3.05, 3.63) is 70.8 Å². The van der Waals surface area contributed by atoms with E-state index in [1.54, 1.807) is 0 Å². The van der Waals surface area contributed by atoms with Crippen LogP contribution < -0.4 is 0 Å². The minimum atomic E-state index is -0.616. The van der Waals surface area contributed by atoms with Crippen molar-refractivity contribution in [3.8, 4) is 0 Å². The van der Waals surface area contributed by atoms with Crippen LogP contribution in [0.25, 0.3) is 0 Å². The highest BCUT2D eigenvalue weighted by Crippen LogP contribution is 2.30. The molecule has 0 radical (unpaired) electrons. The van der Waals surface area contributed by atoms with Crippen LogP contribution in [-0.4, -0.2) is 0 Å². The van der Waals surface area contributed by atoms with Crippen LogP contribution >= 0.6 is 11.6 Å². The Balaban J connectivity index is 2.31. The molecule has 94 valence electrons. The summed E-state index contributed by atoms with van der Waals surface area (Å²) >= 11 is 6.22. The smallest absolute Gasteiger partial charge is 0.131 e. The van der Waals surface area contributed by atoms with Crippen molar-refractivity contribution < 1.29 is 8.78 Å². The largest absolute Gasteiger partial charge is 0.207 e. The van der Waals surface area contributed by atoms with Crippen molar-refractivity contribution in [2.75, 3.05) is 0 Å². The Labute approximate surface area is 110 Å². The summed E-state index contributed by atoms with van der Waals surface area (Å²) < 4.78 is 26.4. The van der Waals surface area contributed by atoms with Crippen LogP contribution in [0.5, 0.6) is 0 Å². The summed E-state index contributed by atoms with van der Waals surface area (Å²) in [5, 5.41) is -0.600. The van der Waals surface area contributed by atoms with Gasteiger partial charge in [0.1, 0.15) is 11.6 Å². The molecule has 0 aliphatic heterocycles. The van der Waals surface area contributed by atoms with Crippen molar-refractivity contribution in [2.45, 2.75) is 18.7 Å². The van der Waals surface area contributed by atoms with Gasteiger partial charge < -0.3 is 0 Å². The number of alkyl halides is 1. The molecule has 0 aliphatic carbocycles. The molecule has 0 fully saturated rings. The normalized spacial score (nSPS) is 12.4. The molecule has 0 aromatic heterocycles. The van der Waals surface area contributed by atoms with Gasteiger partial charge >= 0.3 is 0 Å². The molecule has 2 aromatic carbocycles. The van der Waals surface area contributed by atoms with E-state index in [4.69, 9.17) is 11.6 Å². The van der Waals surface area contributed by atoms with Gasteiger partial charge in [-0.2, -0.15) is 0 Å². The second-order valence-corrected chi connectivity index (χ2v) is 4.56. The molecule has 0 nitrogen and oxygen atoms in total. The molecular weight excluding hydrogens is 254 g/mol. The number of rotatable bonds is 3. The Hall–Kier alpha value is -1.41. The van der Waals surface area contributed by atoms with Crippen LogP contribution in [0.15, 0.2) is 42.5 Å². The molecule has 0 aliphatic rings. The van der Waals surface area contributed by atoms with Crippen molar-refractivity contribution in [1.82, 2.24) is 0 Å². The first-order valence-electron chi connectivity index (χ1n) is 5.79. The Kier molecular flexibility index (Phi) is 3.97. The molecule has 18 heavy (non-hydrogen) atoms. The molecule has 2 aromatic rings. The van der Waals surface area contributed by atoms with E-state index in [1.165, 1.54) is 17.7 Å². The lowest BCUT2D eigenvalue weighted by Crippen LogP contribution is -1.98. The average molecular weight is 267 g/mol. The van der Waals surface area contributed by atoms with Gasteiger partial charge in [-0.15, -0.1) is 11.6 Å². The van der Waals surface area contributed by atoms with Gasteiger partial charge in [-0.05, 0) is 23.6 Å². The number of halogens is 3. The van der Waals surface area contributed by atoms with Gasteiger partial charge in [-0.1, -0.05) is 37.3 Å². The topological polar surface area (TPSA) is 0 Å². The number of hydrogen-bond acceptors (Lipinski definition) is 0. The zero-order valence-electron chi connectivity index (χ0n) is 9.96. The minimum absolute atomic E-state index is 0.294. The van der Waals surface area contributed by atoms with E-state index in [0.29, 0.717) is 5.56 Å². The summed E-state index contributed by atoms with van der Waals surface area (Å²) in [6.45, 7) is 2.06. The quantitative estimate of drug-likeness (QED) is 0.696. The highest BCUT2D eigenvalue weighted by atomic mass is 35.5. The van der Waals surface area contributed by atoms with Gasteiger partial charge in [-0.3, -0.25) is 0 Å². The van der Waals surface area contributed by atoms with Crippen LogP contribution in [0.3, 0.4) is 0 Å². The van der Waals surface area contributed by atoms with Gasteiger partial charge in [0, 0.05) is 11.6 Å². The Morgan fingerprint density at radius 2 is 1.72 bits per heavy atom. The van der Waals surface area contributed by atoms with E-state index < -0.39 is 17.0 Å². The molecule has 0 bridgehead atoms. The molecular formula is C15H13ClF2. The standard InChI is InChI=1S/C15H13ClF2/c1-2-10-3-5-11(6-4-10)15(16)13-8-7-12(17)9-14(13)18/h3-9,15H,2H2,1H3. The summed E-state index contributed by atoms with van der Waals surface area (Å²) in [6.07, 6.45) is 0.943. The van der Waals surface area contributed by atoms with Crippen LogP contribution in [0.1, 0.15) is 29.0 Å². The molecule has 2 rings (SSSR count). The third-order valence-corrected chi connectivity index (χ3v) is 3.40. The van der Waals surface area contributed by atoms with Crippen molar-refractivity contribution in [1.29, 1.82) is 0 Å². The molecule has 0 saturated carbocycles. The van der Waals surface area contributed by atoms with Crippen molar-refractivity contribution in [3.63, 3.8) is 0 Å². The van der Waals surface area contributed by atoms with Crippen LogP contribution in [0, 0.1) is 11.6 Å². The zero-order valence-corrected chi connectivity index (χ0v) is 10.7. The molecule has 0 N–H and O–H groups in total.